The van der Waals surface area contributed by atoms with Crippen molar-refractivity contribution >= 4 is 40.1 Å². The van der Waals surface area contributed by atoms with Crippen molar-refractivity contribution < 1.29 is 23.5 Å². The van der Waals surface area contributed by atoms with Crippen LogP contribution in [0.4, 0.5) is 14.9 Å². The van der Waals surface area contributed by atoms with Crippen LogP contribution in [0.15, 0.2) is 54.7 Å². The number of rotatable bonds is 5. The number of nitrogens with zero attached hydrogens (tertiary/aromatic N) is 4. The Morgan fingerprint density at radius 3 is 2.81 bits per heavy atom. The fraction of sp³-hybridized carbons (Fsp3) is 0.269. The number of fused-ring (bicyclic) bond motifs is 1. The Labute approximate surface area is 206 Å². The molecule has 0 saturated carbocycles. The number of amides is 3. The van der Waals surface area contributed by atoms with Crippen molar-refractivity contribution in [2.45, 2.75) is 19.4 Å². The number of halogens is 1. The van der Waals surface area contributed by atoms with E-state index in [-0.39, 0.29) is 30.7 Å². The lowest BCUT2D eigenvalue weighted by atomic mass is 9.98. The quantitative estimate of drug-likeness (QED) is 0.590. The Morgan fingerprint density at radius 2 is 2.06 bits per heavy atom. The first kappa shape index (κ1) is 23.4. The second-order valence-electron chi connectivity index (χ2n) is 8.70. The minimum absolute atomic E-state index is 0.135. The lowest BCUT2D eigenvalue weighted by molar-refractivity contribution is -0.119. The van der Waals surface area contributed by atoms with Gasteiger partial charge in [-0.3, -0.25) is 14.5 Å². The molecular formula is C26H24FN5O4. The molecule has 3 amide bonds. The number of benzene rings is 2. The second kappa shape index (κ2) is 9.73. The molecule has 0 bridgehead atoms. The third-order valence-electron chi connectivity index (χ3n) is 6.24. The van der Waals surface area contributed by atoms with Gasteiger partial charge in [0.1, 0.15) is 11.9 Å². The first-order chi connectivity index (χ1) is 17.4. The second-order valence-corrected chi connectivity index (χ2v) is 8.70. The van der Waals surface area contributed by atoms with Gasteiger partial charge in [-0.05, 0) is 36.3 Å². The van der Waals surface area contributed by atoms with Crippen LogP contribution in [0.5, 0.6) is 0 Å². The number of aromatic nitrogens is 2. The van der Waals surface area contributed by atoms with E-state index in [0.29, 0.717) is 36.3 Å². The molecule has 184 valence electrons. The van der Waals surface area contributed by atoms with E-state index in [2.05, 4.69) is 15.3 Å². The Balaban J connectivity index is 1.26. The van der Waals surface area contributed by atoms with Gasteiger partial charge in [0.2, 0.25) is 11.7 Å². The van der Waals surface area contributed by atoms with Gasteiger partial charge in [-0.1, -0.05) is 24.3 Å². The van der Waals surface area contributed by atoms with E-state index < -0.39 is 18.0 Å². The van der Waals surface area contributed by atoms with E-state index in [1.54, 1.807) is 23.2 Å². The number of ether oxygens (including phenoxy) is 1. The zero-order valence-electron chi connectivity index (χ0n) is 19.6. The molecule has 1 saturated heterocycles. The molecule has 1 fully saturated rings. The maximum absolute atomic E-state index is 15.1. The van der Waals surface area contributed by atoms with Crippen molar-refractivity contribution in [2.75, 3.05) is 31.1 Å². The average Bonchev–Trinajstić information content (AvgIpc) is 3.27. The minimum atomic E-state index is -0.584. The number of hydrogen-bond donors (Lipinski definition) is 1. The van der Waals surface area contributed by atoms with Crippen molar-refractivity contribution in [2.24, 2.45) is 0 Å². The van der Waals surface area contributed by atoms with Crippen LogP contribution in [0.25, 0.3) is 16.5 Å². The van der Waals surface area contributed by atoms with Gasteiger partial charge in [-0.25, -0.2) is 19.2 Å². The summed E-state index contributed by atoms with van der Waals surface area (Å²) in [6, 6.07) is 12.1. The first-order valence-corrected chi connectivity index (χ1v) is 11.6. The lowest BCUT2D eigenvalue weighted by Gasteiger charge is -2.26. The summed E-state index contributed by atoms with van der Waals surface area (Å²) in [6.45, 7) is 2.52. The number of nitrogens with one attached hydrogen (secondary N) is 1. The minimum Gasteiger partial charge on any atom is -0.442 e. The highest BCUT2D eigenvalue weighted by Crippen LogP contribution is 2.30. The maximum Gasteiger partial charge on any atom is 0.414 e. The van der Waals surface area contributed by atoms with Crippen LogP contribution >= 0.6 is 0 Å². The highest BCUT2D eigenvalue weighted by molar-refractivity contribution is 5.93. The Morgan fingerprint density at radius 1 is 1.22 bits per heavy atom. The molecule has 0 aliphatic carbocycles. The molecule has 5 rings (SSSR count). The maximum atomic E-state index is 15.1. The molecule has 10 heteroatoms. The Kier molecular flexibility index (Phi) is 6.32. The molecule has 1 atom stereocenters. The molecule has 2 aliphatic heterocycles. The van der Waals surface area contributed by atoms with Gasteiger partial charge in [0.05, 0.1) is 24.3 Å². The predicted molar refractivity (Wildman–Crippen MR) is 131 cm³/mol. The van der Waals surface area contributed by atoms with Crippen molar-refractivity contribution in [1.29, 1.82) is 0 Å². The Bertz CT molecular complexity index is 1390. The summed E-state index contributed by atoms with van der Waals surface area (Å²) in [5.41, 5.74) is 2.30. The highest BCUT2D eigenvalue weighted by Gasteiger charge is 2.33. The summed E-state index contributed by atoms with van der Waals surface area (Å²) in [5.74, 6) is -0.816. The first-order valence-electron chi connectivity index (χ1n) is 11.6. The van der Waals surface area contributed by atoms with E-state index in [0.717, 1.165) is 11.0 Å². The molecular weight excluding hydrogens is 465 g/mol. The molecule has 2 aliphatic rings. The number of anilines is 1. The molecule has 9 nitrogen and oxygen atoms in total. The summed E-state index contributed by atoms with van der Waals surface area (Å²) >= 11 is 0. The summed E-state index contributed by atoms with van der Waals surface area (Å²) in [7, 11) is 0. The average molecular weight is 490 g/mol. The standard InChI is InChI=1S/C26H24FN5O4/c1-16(33)28-14-20-15-32(26(35)36-20)19-6-7-21(22(27)12-19)17-8-10-31(11-9-17)25(34)24-29-13-18-4-2-3-5-23(18)30-24/h2-8,12-13,20H,9-11,14-15H2,1H3,(H,28,33)/t20-/m0/s1. The van der Waals surface area contributed by atoms with E-state index in [4.69, 9.17) is 4.74 Å². The van der Waals surface area contributed by atoms with Gasteiger partial charge in [-0.15, -0.1) is 0 Å². The molecule has 3 heterocycles. The van der Waals surface area contributed by atoms with Gasteiger partial charge in [0.25, 0.3) is 5.91 Å². The van der Waals surface area contributed by atoms with Crippen LogP contribution in [0.2, 0.25) is 0 Å². The van der Waals surface area contributed by atoms with Crippen molar-refractivity contribution in [3.8, 4) is 0 Å². The van der Waals surface area contributed by atoms with Gasteiger partial charge < -0.3 is 15.0 Å². The molecule has 1 N–H and O–H groups in total. The van der Waals surface area contributed by atoms with E-state index >= 15 is 4.39 Å². The Hall–Kier alpha value is -4.34. The zero-order valence-corrected chi connectivity index (χ0v) is 19.6. The molecule has 36 heavy (non-hydrogen) atoms. The third kappa shape index (κ3) is 4.74. The SMILES string of the molecule is CC(=O)NC[C@H]1CN(c2ccc(C3=CCN(C(=O)c4ncc5ccccc5n4)CC3)c(F)c2)C(=O)O1. The van der Waals surface area contributed by atoms with Crippen LogP contribution in [-0.4, -0.2) is 65.1 Å². The van der Waals surface area contributed by atoms with E-state index in [1.807, 2.05) is 30.3 Å². The molecule has 0 unspecified atom stereocenters. The van der Waals surface area contributed by atoms with E-state index in [1.165, 1.54) is 17.9 Å². The number of hydrogen-bond acceptors (Lipinski definition) is 6. The molecule has 0 spiro atoms. The number of carbonyl (C=O) groups is 3. The van der Waals surface area contributed by atoms with E-state index in [9.17, 15) is 14.4 Å². The summed E-state index contributed by atoms with van der Waals surface area (Å²) in [4.78, 5) is 47.8. The summed E-state index contributed by atoms with van der Waals surface area (Å²) in [6.07, 6.45) is 2.85. The van der Waals surface area contributed by atoms with Gasteiger partial charge >= 0.3 is 6.09 Å². The van der Waals surface area contributed by atoms with Gasteiger partial charge in [0, 0.05) is 37.2 Å². The fourth-order valence-electron chi connectivity index (χ4n) is 4.34. The van der Waals surface area contributed by atoms with Gasteiger partial charge in [-0.2, -0.15) is 0 Å². The summed E-state index contributed by atoms with van der Waals surface area (Å²) in [5, 5.41) is 3.47. The highest BCUT2D eigenvalue weighted by atomic mass is 19.1. The van der Waals surface area contributed by atoms with Crippen LogP contribution in [0.3, 0.4) is 0 Å². The normalized spacial score (nSPS) is 17.7. The fourth-order valence-corrected chi connectivity index (χ4v) is 4.34. The monoisotopic (exact) mass is 489 g/mol. The van der Waals surface area contributed by atoms with Crippen LogP contribution in [-0.2, 0) is 9.53 Å². The van der Waals surface area contributed by atoms with Crippen LogP contribution < -0.4 is 10.2 Å². The molecule has 2 aromatic carbocycles. The molecule has 1 aromatic heterocycles. The molecule has 3 aromatic rings. The lowest BCUT2D eigenvalue weighted by Crippen LogP contribution is -2.35. The zero-order chi connectivity index (χ0) is 25.2. The largest absolute Gasteiger partial charge is 0.442 e. The van der Waals surface area contributed by atoms with Gasteiger partial charge in [0.15, 0.2) is 0 Å². The van der Waals surface area contributed by atoms with Crippen molar-refractivity contribution in [3.63, 3.8) is 0 Å². The number of cyclic esters (lactones) is 1. The van der Waals surface area contributed by atoms with Crippen LogP contribution in [0.1, 0.15) is 29.5 Å². The number of carbonyl (C=O) groups excluding carboxylic acids is 3. The van der Waals surface area contributed by atoms with Crippen molar-refractivity contribution in [3.05, 3.63) is 71.9 Å². The smallest absolute Gasteiger partial charge is 0.414 e. The topological polar surface area (TPSA) is 105 Å². The number of para-hydroxylation sites is 1. The third-order valence-corrected chi connectivity index (χ3v) is 6.24. The van der Waals surface area contributed by atoms with Crippen LogP contribution in [0, 0.1) is 5.82 Å². The molecule has 0 radical (unpaired) electrons. The predicted octanol–water partition coefficient (Wildman–Crippen LogP) is 3.16. The van der Waals surface area contributed by atoms with Crippen molar-refractivity contribution in [1.82, 2.24) is 20.2 Å². The summed E-state index contributed by atoms with van der Waals surface area (Å²) < 4.78 is 20.3.